The fourth-order valence-electron chi connectivity index (χ4n) is 1.68. The van der Waals surface area contributed by atoms with E-state index in [0.717, 1.165) is 5.56 Å². The molecular formula is C13H18FNO2. The van der Waals surface area contributed by atoms with Gasteiger partial charge in [-0.2, -0.15) is 0 Å². The van der Waals surface area contributed by atoms with E-state index in [1.165, 1.54) is 12.1 Å². The predicted molar refractivity (Wildman–Crippen MR) is 64.2 cm³/mol. The van der Waals surface area contributed by atoms with Gasteiger partial charge in [0.1, 0.15) is 11.9 Å². The number of carboxylic acid groups (broad SMARTS) is 1. The van der Waals surface area contributed by atoms with Gasteiger partial charge >= 0.3 is 5.97 Å². The first-order chi connectivity index (χ1) is 7.91. The maximum atomic E-state index is 12.8. The van der Waals surface area contributed by atoms with Crippen LogP contribution < -0.4 is 5.32 Å². The van der Waals surface area contributed by atoms with E-state index in [1.54, 1.807) is 19.1 Å². The van der Waals surface area contributed by atoms with Crippen molar-refractivity contribution in [2.75, 3.05) is 0 Å². The van der Waals surface area contributed by atoms with Crippen LogP contribution in [0.5, 0.6) is 0 Å². The number of carbonyl (C=O) groups is 1. The van der Waals surface area contributed by atoms with Gasteiger partial charge in [-0.25, -0.2) is 4.39 Å². The Morgan fingerprint density at radius 3 is 2.18 bits per heavy atom. The van der Waals surface area contributed by atoms with Crippen LogP contribution in [0.4, 0.5) is 4.39 Å². The average molecular weight is 239 g/mol. The van der Waals surface area contributed by atoms with Crippen molar-refractivity contribution >= 4 is 5.97 Å². The fourth-order valence-corrected chi connectivity index (χ4v) is 1.68. The van der Waals surface area contributed by atoms with E-state index in [1.807, 2.05) is 13.8 Å². The molecule has 1 aromatic carbocycles. The average Bonchev–Trinajstić information content (AvgIpc) is 2.26. The van der Waals surface area contributed by atoms with Gasteiger partial charge < -0.3 is 5.11 Å². The number of rotatable bonds is 5. The van der Waals surface area contributed by atoms with Crippen molar-refractivity contribution in [1.29, 1.82) is 0 Å². The van der Waals surface area contributed by atoms with Crippen molar-refractivity contribution in [2.24, 2.45) is 5.92 Å². The quantitative estimate of drug-likeness (QED) is 0.830. The van der Waals surface area contributed by atoms with Crippen LogP contribution >= 0.6 is 0 Å². The fraction of sp³-hybridized carbons (Fsp3) is 0.462. The van der Waals surface area contributed by atoms with Crippen molar-refractivity contribution in [1.82, 2.24) is 5.32 Å². The number of hydrogen-bond donors (Lipinski definition) is 2. The zero-order chi connectivity index (χ0) is 13.0. The minimum absolute atomic E-state index is 0.0956. The summed E-state index contributed by atoms with van der Waals surface area (Å²) < 4.78 is 12.8. The first-order valence-corrected chi connectivity index (χ1v) is 5.66. The van der Waals surface area contributed by atoms with Gasteiger partial charge in [-0.3, -0.25) is 10.1 Å². The smallest absolute Gasteiger partial charge is 0.320 e. The van der Waals surface area contributed by atoms with E-state index >= 15 is 0 Å². The molecular weight excluding hydrogens is 221 g/mol. The summed E-state index contributed by atoms with van der Waals surface area (Å²) in [5, 5.41) is 11.9. The van der Waals surface area contributed by atoms with Gasteiger partial charge in [0.15, 0.2) is 0 Å². The first-order valence-electron chi connectivity index (χ1n) is 5.66. The standard InChI is InChI=1S/C13H18FNO2/c1-8(2)12(15-9(3)13(16)17)10-4-6-11(14)7-5-10/h4-9,12,15H,1-3H3,(H,16,17). The Hall–Kier alpha value is -1.42. The second-order valence-electron chi connectivity index (χ2n) is 4.50. The molecule has 2 unspecified atom stereocenters. The predicted octanol–water partition coefficient (Wildman–Crippen LogP) is 2.59. The van der Waals surface area contributed by atoms with Crippen molar-refractivity contribution in [3.05, 3.63) is 35.6 Å². The van der Waals surface area contributed by atoms with Crippen LogP contribution in [-0.4, -0.2) is 17.1 Å². The maximum absolute atomic E-state index is 12.8. The molecule has 2 atom stereocenters. The summed E-state index contributed by atoms with van der Waals surface area (Å²) in [6.45, 7) is 5.59. The van der Waals surface area contributed by atoms with E-state index < -0.39 is 12.0 Å². The summed E-state index contributed by atoms with van der Waals surface area (Å²) in [6, 6.07) is 5.41. The molecule has 17 heavy (non-hydrogen) atoms. The lowest BCUT2D eigenvalue weighted by Gasteiger charge is -2.25. The van der Waals surface area contributed by atoms with E-state index in [0.29, 0.717) is 0 Å². The highest BCUT2D eigenvalue weighted by Crippen LogP contribution is 2.22. The van der Waals surface area contributed by atoms with Crippen LogP contribution in [0.3, 0.4) is 0 Å². The summed E-state index contributed by atoms with van der Waals surface area (Å²) in [4.78, 5) is 10.8. The molecule has 0 spiro atoms. The zero-order valence-corrected chi connectivity index (χ0v) is 10.3. The summed E-state index contributed by atoms with van der Waals surface area (Å²) in [5.74, 6) is -0.956. The first kappa shape index (κ1) is 13.6. The molecule has 94 valence electrons. The second-order valence-corrected chi connectivity index (χ2v) is 4.50. The highest BCUT2D eigenvalue weighted by Gasteiger charge is 2.21. The van der Waals surface area contributed by atoms with Crippen LogP contribution in [0.2, 0.25) is 0 Å². The number of benzene rings is 1. The van der Waals surface area contributed by atoms with Crippen molar-refractivity contribution in [2.45, 2.75) is 32.9 Å². The molecule has 0 fully saturated rings. The van der Waals surface area contributed by atoms with Gasteiger partial charge in [-0.15, -0.1) is 0 Å². The Kier molecular flexibility index (Phi) is 4.63. The molecule has 0 amide bonds. The third kappa shape index (κ3) is 3.82. The van der Waals surface area contributed by atoms with E-state index in [9.17, 15) is 9.18 Å². The van der Waals surface area contributed by atoms with Gasteiger partial charge in [0.2, 0.25) is 0 Å². The zero-order valence-electron chi connectivity index (χ0n) is 10.3. The summed E-state index contributed by atoms with van der Waals surface area (Å²) in [6.07, 6.45) is 0. The second kappa shape index (κ2) is 5.77. The molecule has 0 bridgehead atoms. The molecule has 0 aliphatic heterocycles. The van der Waals surface area contributed by atoms with Gasteiger partial charge in [0, 0.05) is 6.04 Å². The number of nitrogens with one attached hydrogen (secondary N) is 1. The molecule has 0 saturated heterocycles. The lowest BCUT2D eigenvalue weighted by molar-refractivity contribution is -0.139. The van der Waals surface area contributed by atoms with Crippen molar-refractivity contribution in [3.8, 4) is 0 Å². The lowest BCUT2D eigenvalue weighted by Crippen LogP contribution is -2.38. The Labute approximate surface area is 101 Å². The number of hydrogen-bond acceptors (Lipinski definition) is 2. The van der Waals surface area contributed by atoms with E-state index in [2.05, 4.69) is 5.32 Å². The topological polar surface area (TPSA) is 49.3 Å². The third-order valence-electron chi connectivity index (χ3n) is 2.70. The Bertz CT molecular complexity index is 376. The molecule has 1 aromatic rings. The maximum Gasteiger partial charge on any atom is 0.320 e. The highest BCUT2D eigenvalue weighted by molar-refractivity contribution is 5.72. The number of halogens is 1. The minimum Gasteiger partial charge on any atom is -0.480 e. The largest absolute Gasteiger partial charge is 0.480 e. The van der Waals surface area contributed by atoms with Crippen LogP contribution in [0.1, 0.15) is 32.4 Å². The number of carboxylic acids is 1. The lowest BCUT2D eigenvalue weighted by atomic mass is 9.95. The van der Waals surface area contributed by atoms with Crippen LogP contribution in [0, 0.1) is 11.7 Å². The molecule has 4 heteroatoms. The van der Waals surface area contributed by atoms with Gasteiger partial charge in [-0.05, 0) is 30.5 Å². The molecule has 0 heterocycles. The Morgan fingerprint density at radius 1 is 1.24 bits per heavy atom. The Balaban J connectivity index is 2.86. The van der Waals surface area contributed by atoms with Gasteiger partial charge in [0.05, 0.1) is 0 Å². The third-order valence-corrected chi connectivity index (χ3v) is 2.70. The molecule has 1 rings (SSSR count). The van der Waals surface area contributed by atoms with Crippen LogP contribution in [0.15, 0.2) is 24.3 Å². The van der Waals surface area contributed by atoms with E-state index in [-0.39, 0.29) is 17.8 Å². The molecule has 0 saturated carbocycles. The SMILES string of the molecule is CC(NC(c1ccc(F)cc1)C(C)C)C(=O)O. The van der Waals surface area contributed by atoms with Crippen molar-refractivity contribution in [3.63, 3.8) is 0 Å². The molecule has 2 N–H and O–H groups in total. The molecule has 0 radical (unpaired) electrons. The summed E-state index contributed by atoms with van der Waals surface area (Å²) in [7, 11) is 0. The van der Waals surface area contributed by atoms with Crippen LogP contribution in [0.25, 0.3) is 0 Å². The highest BCUT2D eigenvalue weighted by atomic mass is 19.1. The molecule has 0 aromatic heterocycles. The van der Waals surface area contributed by atoms with E-state index in [4.69, 9.17) is 5.11 Å². The number of aliphatic carboxylic acids is 1. The molecule has 3 nitrogen and oxygen atoms in total. The van der Waals surface area contributed by atoms with Crippen LogP contribution in [-0.2, 0) is 4.79 Å². The molecule has 0 aliphatic carbocycles. The molecule has 0 aliphatic rings. The minimum atomic E-state index is -0.891. The summed E-state index contributed by atoms with van der Waals surface area (Å²) >= 11 is 0. The monoisotopic (exact) mass is 239 g/mol. The van der Waals surface area contributed by atoms with Gasteiger partial charge in [-0.1, -0.05) is 26.0 Å². The van der Waals surface area contributed by atoms with Gasteiger partial charge in [0.25, 0.3) is 0 Å². The summed E-state index contributed by atoms with van der Waals surface area (Å²) in [5.41, 5.74) is 0.898. The van der Waals surface area contributed by atoms with Crippen molar-refractivity contribution < 1.29 is 14.3 Å². The Morgan fingerprint density at radius 2 is 1.76 bits per heavy atom. The normalized spacial score (nSPS) is 14.6.